The van der Waals surface area contributed by atoms with E-state index in [-0.39, 0.29) is 6.04 Å². The molecule has 0 aliphatic rings. The lowest BCUT2D eigenvalue weighted by Gasteiger charge is -2.14. The molecule has 0 saturated carbocycles. The lowest BCUT2D eigenvalue weighted by molar-refractivity contribution is 0.555. The van der Waals surface area contributed by atoms with Crippen molar-refractivity contribution in [1.29, 1.82) is 0 Å². The Bertz CT molecular complexity index is 339. The van der Waals surface area contributed by atoms with Gasteiger partial charge in [-0.3, -0.25) is 0 Å². The lowest BCUT2D eigenvalue weighted by atomic mass is 10.0. The molecule has 1 aromatic carbocycles. The van der Waals surface area contributed by atoms with Gasteiger partial charge in [-0.15, -0.1) is 0 Å². The summed E-state index contributed by atoms with van der Waals surface area (Å²) in [5, 5.41) is 1.20. The second-order valence-electron chi connectivity index (χ2n) is 4.45. The van der Waals surface area contributed by atoms with Crippen LogP contribution in [0, 0.1) is 0 Å². The summed E-state index contributed by atoms with van der Waals surface area (Å²) in [4.78, 5) is 0. The molecule has 3 heteroatoms. The van der Waals surface area contributed by atoms with Crippen molar-refractivity contribution >= 4 is 23.2 Å². The molecule has 96 valence electrons. The maximum Gasteiger partial charge on any atom is 0.0639 e. The molecule has 0 amide bonds. The minimum Gasteiger partial charge on any atom is -0.324 e. The highest BCUT2D eigenvalue weighted by molar-refractivity contribution is 6.42. The minimum atomic E-state index is 0.00262. The summed E-state index contributed by atoms with van der Waals surface area (Å²) in [6, 6.07) is 5.66. The van der Waals surface area contributed by atoms with E-state index >= 15 is 0 Å². The summed E-state index contributed by atoms with van der Waals surface area (Å²) in [5.74, 6) is 0. The van der Waals surface area contributed by atoms with E-state index < -0.39 is 0 Å². The number of hydrogen-bond donors (Lipinski definition) is 1. The average Bonchev–Trinajstić information content (AvgIpc) is 2.32. The molecular weight excluding hydrogens is 253 g/mol. The van der Waals surface area contributed by atoms with Crippen molar-refractivity contribution in [3.8, 4) is 0 Å². The van der Waals surface area contributed by atoms with E-state index in [0.717, 1.165) is 18.4 Å². The van der Waals surface area contributed by atoms with E-state index in [1.54, 1.807) is 6.07 Å². The third kappa shape index (κ3) is 4.87. The van der Waals surface area contributed by atoms with Gasteiger partial charge in [0.15, 0.2) is 0 Å². The molecule has 1 rings (SSSR count). The van der Waals surface area contributed by atoms with Crippen molar-refractivity contribution in [2.75, 3.05) is 0 Å². The van der Waals surface area contributed by atoms with Gasteiger partial charge in [0.05, 0.1) is 10.0 Å². The highest BCUT2D eigenvalue weighted by Crippen LogP contribution is 2.30. The molecule has 0 spiro atoms. The first-order valence-corrected chi connectivity index (χ1v) is 7.12. The number of rotatable bonds is 7. The van der Waals surface area contributed by atoms with Crippen LogP contribution in [0.3, 0.4) is 0 Å². The maximum atomic E-state index is 6.14. The summed E-state index contributed by atoms with van der Waals surface area (Å²) in [6.45, 7) is 2.22. The summed E-state index contributed by atoms with van der Waals surface area (Å²) in [5.41, 5.74) is 7.10. The SMILES string of the molecule is CCCCCCCC(N)c1cccc(Cl)c1Cl. The number of unbranched alkanes of at least 4 members (excludes halogenated alkanes) is 4. The second-order valence-corrected chi connectivity index (χ2v) is 5.24. The van der Waals surface area contributed by atoms with Crippen molar-refractivity contribution < 1.29 is 0 Å². The van der Waals surface area contributed by atoms with Crippen LogP contribution in [0.15, 0.2) is 18.2 Å². The smallest absolute Gasteiger partial charge is 0.0639 e. The molecule has 1 unspecified atom stereocenters. The topological polar surface area (TPSA) is 26.0 Å². The quantitative estimate of drug-likeness (QED) is 0.666. The Morgan fingerprint density at radius 3 is 2.53 bits per heavy atom. The van der Waals surface area contributed by atoms with E-state index in [9.17, 15) is 0 Å². The van der Waals surface area contributed by atoms with Crippen molar-refractivity contribution in [2.24, 2.45) is 5.73 Å². The largest absolute Gasteiger partial charge is 0.324 e. The predicted octanol–water partition coefficient (Wildman–Crippen LogP) is 5.35. The van der Waals surface area contributed by atoms with E-state index in [0.29, 0.717) is 10.0 Å². The van der Waals surface area contributed by atoms with Crippen LogP contribution in [0.1, 0.15) is 57.1 Å². The molecule has 1 aromatic rings. The van der Waals surface area contributed by atoms with Crippen LogP contribution in [0.5, 0.6) is 0 Å². The molecule has 17 heavy (non-hydrogen) atoms. The summed E-state index contributed by atoms with van der Waals surface area (Å²) < 4.78 is 0. The number of benzene rings is 1. The molecule has 0 aromatic heterocycles. The molecule has 0 saturated heterocycles. The normalized spacial score (nSPS) is 12.7. The zero-order valence-electron chi connectivity index (χ0n) is 10.4. The van der Waals surface area contributed by atoms with Crippen molar-refractivity contribution in [2.45, 2.75) is 51.5 Å². The molecule has 0 fully saturated rings. The molecule has 1 atom stereocenters. The van der Waals surface area contributed by atoms with E-state index in [1.807, 2.05) is 12.1 Å². The number of nitrogens with two attached hydrogens (primary N) is 1. The van der Waals surface area contributed by atoms with Gasteiger partial charge in [-0.05, 0) is 18.1 Å². The zero-order valence-corrected chi connectivity index (χ0v) is 11.9. The third-order valence-corrected chi connectivity index (χ3v) is 3.83. The van der Waals surface area contributed by atoms with Crippen LogP contribution >= 0.6 is 23.2 Å². The number of hydrogen-bond acceptors (Lipinski definition) is 1. The fraction of sp³-hybridized carbons (Fsp3) is 0.571. The molecule has 1 nitrogen and oxygen atoms in total. The van der Waals surface area contributed by atoms with Gasteiger partial charge < -0.3 is 5.73 Å². The first kappa shape index (κ1) is 14.8. The summed E-state index contributed by atoms with van der Waals surface area (Å²) in [7, 11) is 0. The maximum absolute atomic E-state index is 6.14. The second kappa shape index (κ2) is 7.97. The van der Waals surface area contributed by atoms with E-state index in [1.165, 1.54) is 25.7 Å². The molecule has 0 aliphatic carbocycles. The van der Waals surface area contributed by atoms with Gasteiger partial charge in [-0.25, -0.2) is 0 Å². The first-order chi connectivity index (χ1) is 8.16. The zero-order chi connectivity index (χ0) is 12.7. The van der Waals surface area contributed by atoms with Crippen LogP contribution < -0.4 is 5.73 Å². The fourth-order valence-corrected chi connectivity index (χ4v) is 2.38. The predicted molar refractivity (Wildman–Crippen MR) is 76.8 cm³/mol. The van der Waals surface area contributed by atoms with Crippen LogP contribution in [-0.2, 0) is 0 Å². The van der Waals surface area contributed by atoms with E-state index in [2.05, 4.69) is 6.92 Å². The van der Waals surface area contributed by atoms with Gasteiger partial charge in [-0.2, -0.15) is 0 Å². The standard InChI is InChI=1S/C14H21Cl2N/c1-2-3-4-5-6-10-13(17)11-8-7-9-12(15)14(11)16/h7-9,13H,2-6,10,17H2,1H3. The van der Waals surface area contributed by atoms with Crippen molar-refractivity contribution in [1.82, 2.24) is 0 Å². The minimum absolute atomic E-state index is 0.00262. The Morgan fingerprint density at radius 2 is 1.82 bits per heavy atom. The highest BCUT2D eigenvalue weighted by Gasteiger charge is 2.11. The van der Waals surface area contributed by atoms with E-state index in [4.69, 9.17) is 28.9 Å². The molecule has 0 heterocycles. The Labute approximate surface area is 114 Å². The van der Waals surface area contributed by atoms with Gasteiger partial charge in [0.1, 0.15) is 0 Å². The Balaban J connectivity index is 2.41. The summed E-state index contributed by atoms with van der Waals surface area (Å²) in [6.07, 6.45) is 7.26. The van der Waals surface area contributed by atoms with Gasteiger partial charge in [0.25, 0.3) is 0 Å². The molecule has 0 aliphatic heterocycles. The van der Waals surface area contributed by atoms with Crippen molar-refractivity contribution in [3.05, 3.63) is 33.8 Å². The number of halogens is 2. The fourth-order valence-electron chi connectivity index (χ4n) is 1.93. The van der Waals surface area contributed by atoms with Crippen LogP contribution in [0.2, 0.25) is 10.0 Å². The Morgan fingerprint density at radius 1 is 1.12 bits per heavy atom. The van der Waals surface area contributed by atoms with Gasteiger partial charge >= 0.3 is 0 Å². The molecule has 0 radical (unpaired) electrons. The average molecular weight is 274 g/mol. The first-order valence-electron chi connectivity index (χ1n) is 6.36. The highest BCUT2D eigenvalue weighted by atomic mass is 35.5. The van der Waals surface area contributed by atoms with Gasteiger partial charge in [0, 0.05) is 6.04 Å². The lowest BCUT2D eigenvalue weighted by Crippen LogP contribution is -2.10. The third-order valence-electron chi connectivity index (χ3n) is 3.00. The van der Waals surface area contributed by atoms with Crippen LogP contribution in [0.4, 0.5) is 0 Å². The molecular formula is C14H21Cl2N. The Hall–Kier alpha value is -0.240. The molecule has 0 bridgehead atoms. The summed E-state index contributed by atoms with van der Waals surface area (Å²) >= 11 is 12.1. The van der Waals surface area contributed by atoms with Gasteiger partial charge in [0.2, 0.25) is 0 Å². The Kier molecular flexibility index (Phi) is 6.94. The van der Waals surface area contributed by atoms with Crippen molar-refractivity contribution in [3.63, 3.8) is 0 Å². The van der Waals surface area contributed by atoms with Crippen LogP contribution in [0.25, 0.3) is 0 Å². The van der Waals surface area contributed by atoms with Crippen LogP contribution in [-0.4, -0.2) is 0 Å². The monoisotopic (exact) mass is 273 g/mol. The molecule has 2 N–H and O–H groups in total. The van der Waals surface area contributed by atoms with Gasteiger partial charge in [-0.1, -0.05) is 74.4 Å².